The minimum Gasteiger partial charge on any atom is -0.366 e. The molecule has 2 unspecified atom stereocenters. The quantitative estimate of drug-likeness (QED) is 0.894. The van der Waals surface area contributed by atoms with Crippen molar-refractivity contribution in [3.8, 4) is 0 Å². The van der Waals surface area contributed by atoms with Crippen molar-refractivity contribution in [2.45, 2.75) is 36.7 Å². The fourth-order valence-corrected chi connectivity index (χ4v) is 3.28. The molecule has 1 saturated carbocycles. The highest BCUT2D eigenvalue weighted by Gasteiger charge is 2.34. The van der Waals surface area contributed by atoms with Crippen molar-refractivity contribution in [2.75, 3.05) is 23.9 Å². The van der Waals surface area contributed by atoms with E-state index in [4.69, 9.17) is 0 Å². The summed E-state index contributed by atoms with van der Waals surface area (Å²) in [5.41, 5.74) is -0.932. The number of nitrogens with zero attached hydrogens (tertiary/aromatic N) is 2. The second-order valence-electron chi connectivity index (χ2n) is 4.67. The van der Waals surface area contributed by atoms with E-state index >= 15 is 0 Å². The van der Waals surface area contributed by atoms with Crippen LogP contribution in [0.3, 0.4) is 0 Å². The van der Waals surface area contributed by atoms with Crippen molar-refractivity contribution in [2.24, 2.45) is 0 Å². The number of alkyl halides is 3. The number of nitrogens with one attached hydrogen (secondary N) is 2. The minimum absolute atomic E-state index is 0.0268. The van der Waals surface area contributed by atoms with Gasteiger partial charge in [0.2, 0.25) is 5.95 Å². The normalized spacial score (nSPS) is 22.9. The summed E-state index contributed by atoms with van der Waals surface area (Å²) in [6.07, 6.45) is 0.657. The van der Waals surface area contributed by atoms with Gasteiger partial charge in [0.1, 0.15) is 5.82 Å². The van der Waals surface area contributed by atoms with Gasteiger partial charge in [-0.2, -0.15) is 29.9 Å². The zero-order valence-corrected chi connectivity index (χ0v) is 12.1. The van der Waals surface area contributed by atoms with Crippen LogP contribution in [0, 0.1) is 0 Å². The van der Waals surface area contributed by atoms with Crippen LogP contribution in [0.5, 0.6) is 0 Å². The molecule has 0 aromatic carbocycles. The van der Waals surface area contributed by atoms with Gasteiger partial charge in [-0.1, -0.05) is 6.42 Å². The number of hydrogen-bond donors (Lipinski definition) is 2. The molecule has 2 atom stereocenters. The number of halogens is 3. The molecule has 4 nitrogen and oxygen atoms in total. The zero-order chi connectivity index (χ0) is 14.8. The Labute approximate surface area is 120 Å². The Morgan fingerprint density at radius 2 is 2.05 bits per heavy atom. The third-order valence-corrected chi connectivity index (χ3v) is 4.50. The van der Waals surface area contributed by atoms with Crippen LogP contribution in [0.4, 0.5) is 24.9 Å². The van der Waals surface area contributed by atoms with Crippen LogP contribution in [0.25, 0.3) is 0 Å². The largest absolute Gasteiger partial charge is 0.433 e. The summed E-state index contributed by atoms with van der Waals surface area (Å²) < 4.78 is 38.4. The van der Waals surface area contributed by atoms with E-state index in [2.05, 4.69) is 20.6 Å². The third-order valence-electron chi connectivity index (χ3n) is 3.33. The molecule has 112 valence electrons. The van der Waals surface area contributed by atoms with Crippen molar-refractivity contribution in [3.63, 3.8) is 0 Å². The molecule has 2 rings (SSSR count). The van der Waals surface area contributed by atoms with Crippen molar-refractivity contribution in [3.05, 3.63) is 11.8 Å². The molecule has 2 N–H and O–H groups in total. The maximum Gasteiger partial charge on any atom is 0.433 e. The lowest BCUT2D eigenvalue weighted by molar-refractivity contribution is -0.141. The number of aromatic nitrogens is 2. The van der Waals surface area contributed by atoms with Crippen molar-refractivity contribution < 1.29 is 13.2 Å². The lowest BCUT2D eigenvalue weighted by atomic mass is 10.2. The molecule has 1 aliphatic rings. The second kappa shape index (κ2) is 6.07. The first-order valence-electron chi connectivity index (χ1n) is 6.37. The van der Waals surface area contributed by atoms with E-state index in [9.17, 15) is 13.2 Å². The van der Waals surface area contributed by atoms with Crippen molar-refractivity contribution in [1.82, 2.24) is 9.97 Å². The molecule has 0 saturated heterocycles. The van der Waals surface area contributed by atoms with Crippen molar-refractivity contribution >= 4 is 23.5 Å². The summed E-state index contributed by atoms with van der Waals surface area (Å²) in [4.78, 5) is 7.50. The highest BCUT2D eigenvalue weighted by Crippen LogP contribution is 2.33. The van der Waals surface area contributed by atoms with E-state index in [1.165, 1.54) is 7.05 Å². The van der Waals surface area contributed by atoms with Gasteiger partial charge >= 0.3 is 6.18 Å². The average molecular weight is 306 g/mol. The van der Waals surface area contributed by atoms with Crippen LogP contribution in [-0.4, -0.2) is 34.6 Å². The van der Waals surface area contributed by atoms with Crippen LogP contribution < -0.4 is 10.6 Å². The molecule has 20 heavy (non-hydrogen) atoms. The first-order chi connectivity index (χ1) is 9.44. The third kappa shape index (κ3) is 3.47. The fourth-order valence-electron chi connectivity index (χ4n) is 2.34. The molecule has 0 aliphatic heterocycles. The number of rotatable bonds is 4. The van der Waals surface area contributed by atoms with Gasteiger partial charge in [0.05, 0.1) is 0 Å². The summed E-state index contributed by atoms with van der Waals surface area (Å²) in [7, 11) is 1.50. The standard InChI is InChI=1S/C12H17F3N4S/c1-16-11-18-9(12(13,14)15)6-10(19-11)17-7-4-3-5-8(7)20-2/h6-8H,3-5H2,1-2H3,(H2,16,17,18,19). The first-order valence-corrected chi connectivity index (χ1v) is 7.66. The van der Waals surface area contributed by atoms with E-state index in [-0.39, 0.29) is 17.8 Å². The molecule has 0 radical (unpaired) electrons. The van der Waals surface area contributed by atoms with E-state index in [1.807, 2.05) is 6.26 Å². The monoisotopic (exact) mass is 306 g/mol. The molecule has 1 fully saturated rings. The Bertz CT molecular complexity index is 467. The molecule has 0 spiro atoms. The van der Waals surface area contributed by atoms with E-state index < -0.39 is 11.9 Å². The summed E-state index contributed by atoms with van der Waals surface area (Å²) in [5.74, 6) is 0.198. The van der Waals surface area contributed by atoms with Gasteiger partial charge < -0.3 is 10.6 Å². The molecule has 0 bridgehead atoms. The lowest BCUT2D eigenvalue weighted by Gasteiger charge is -2.20. The maximum absolute atomic E-state index is 12.8. The van der Waals surface area contributed by atoms with Crippen LogP contribution in [0.1, 0.15) is 25.0 Å². The summed E-state index contributed by atoms with van der Waals surface area (Å²) in [6, 6.07) is 1.13. The summed E-state index contributed by atoms with van der Waals surface area (Å²) in [5, 5.41) is 6.09. The molecule has 1 heterocycles. The molecular weight excluding hydrogens is 289 g/mol. The highest BCUT2D eigenvalue weighted by molar-refractivity contribution is 7.99. The smallest absolute Gasteiger partial charge is 0.366 e. The number of anilines is 2. The SMILES string of the molecule is CNc1nc(NC2CCCC2SC)cc(C(F)(F)F)n1. The van der Waals surface area contributed by atoms with Gasteiger partial charge in [0.25, 0.3) is 0 Å². The van der Waals surface area contributed by atoms with Crippen molar-refractivity contribution in [1.29, 1.82) is 0 Å². The highest BCUT2D eigenvalue weighted by atomic mass is 32.2. The Hall–Kier alpha value is -1.18. The first kappa shape index (κ1) is 15.2. The molecule has 8 heteroatoms. The van der Waals surface area contributed by atoms with Gasteiger partial charge in [-0.3, -0.25) is 0 Å². The molecule has 1 aromatic heterocycles. The number of hydrogen-bond acceptors (Lipinski definition) is 5. The van der Waals surface area contributed by atoms with Crippen LogP contribution in [0.15, 0.2) is 6.07 Å². The van der Waals surface area contributed by atoms with Crippen LogP contribution in [0.2, 0.25) is 0 Å². The molecule has 1 aromatic rings. The number of thioether (sulfide) groups is 1. The average Bonchev–Trinajstić information content (AvgIpc) is 2.84. The van der Waals surface area contributed by atoms with E-state index in [0.29, 0.717) is 5.25 Å². The summed E-state index contributed by atoms with van der Waals surface area (Å²) in [6.45, 7) is 0. The van der Waals surface area contributed by atoms with Crippen LogP contribution in [-0.2, 0) is 6.18 Å². The lowest BCUT2D eigenvalue weighted by Crippen LogP contribution is -2.27. The second-order valence-corrected chi connectivity index (χ2v) is 5.74. The molecule has 0 amide bonds. The van der Waals surface area contributed by atoms with Crippen LogP contribution >= 0.6 is 11.8 Å². The van der Waals surface area contributed by atoms with Gasteiger partial charge in [0.15, 0.2) is 5.69 Å². The molecular formula is C12H17F3N4S. The topological polar surface area (TPSA) is 49.8 Å². The maximum atomic E-state index is 12.8. The zero-order valence-electron chi connectivity index (χ0n) is 11.3. The predicted octanol–water partition coefficient (Wildman–Crippen LogP) is 3.23. The molecule has 1 aliphatic carbocycles. The fraction of sp³-hybridized carbons (Fsp3) is 0.667. The Balaban J connectivity index is 2.22. The van der Waals surface area contributed by atoms with E-state index in [1.54, 1.807) is 11.8 Å². The Morgan fingerprint density at radius 1 is 1.30 bits per heavy atom. The Kier molecular flexibility index (Phi) is 4.62. The summed E-state index contributed by atoms with van der Waals surface area (Å²) >= 11 is 1.74. The van der Waals surface area contributed by atoms with E-state index in [0.717, 1.165) is 25.3 Å². The Morgan fingerprint density at radius 3 is 2.65 bits per heavy atom. The van der Waals surface area contributed by atoms with Gasteiger partial charge in [-0.15, -0.1) is 0 Å². The minimum atomic E-state index is -4.47. The van der Waals surface area contributed by atoms with Gasteiger partial charge in [0, 0.05) is 24.4 Å². The van der Waals surface area contributed by atoms with Gasteiger partial charge in [-0.25, -0.2) is 4.98 Å². The predicted molar refractivity (Wildman–Crippen MR) is 75.1 cm³/mol. The van der Waals surface area contributed by atoms with Gasteiger partial charge in [-0.05, 0) is 19.1 Å².